The summed E-state index contributed by atoms with van der Waals surface area (Å²) >= 11 is 0. The molecule has 2 rings (SSSR count). The monoisotopic (exact) mass is 313 g/mol. The van der Waals surface area contributed by atoms with Crippen LogP contribution in [0.1, 0.15) is 36.7 Å². The Morgan fingerprint density at radius 1 is 1.17 bits per heavy atom. The molecule has 2 aromatic rings. The smallest absolute Gasteiger partial charge is 0.274 e. The van der Waals surface area contributed by atoms with E-state index in [1.54, 1.807) is 25.4 Å². The molecule has 122 valence electrons. The molecule has 0 aliphatic rings. The van der Waals surface area contributed by atoms with E-state index in [2.05, 4.69) is 22.5 Å². The Hall–Kier alpha value is -2.56. The highest BCUT2D eigenvalue weighted by molar-refractivity contribution is 6.03. The number of carbonyl (C=O) groups is 1. The number of hydrogen-bond acceptors (Lipinski definition) is 4. The predicted molar refractivity (Wildman–Crippen MR) is 93.2 cm³/mol. The van der Waals surface area contributed by atoms with Crippen LogP contribution >= 0.6 is 0 Å². The van der Waals surface area contributed by atoms with Crippen molar-refractivity contribution >= 4 is 17.3 Å². The summed E-state index contributed by atoms with van der Waals surface area (Å²) in [4.78, 5) is 16.4. The molecule has 0 aliphatic heterocycles. The third-order valence-electron chi connectivity index (χ3n) is 3.43. The van der Waals surface area contributed by atoms with Crippen molar-refractivity contribution < 1.29 is 9.53 Å². The predicted octanol–water partition coefficient (Wildman–Crippen LogP) is 3.94. The SMILES string of the molecule is CCCCCNc1ccnc(C(=O)Nc2cccc(OC)c2)c1. The Morgan fingerprint density at radius 2 is 2.04 bits per heavy atom. The number of nitrogens with one attached hydrogen (secondary N) is 2. The topological polar surface area (TPSA) is 63.2 Å². The number of ether oxygens (including phenoxy) is 1. The highest BCUT2D eigenvalue weighted by atomic mass is 16.5. The fourth-order valence-electron chi connectivity index (χ4n) is 2.17. The van der Waals surface area contributed by atoms with Crippen LogP contribution in [0.4, 0.5) is 11.4 Å². The summed E-state index contributed by atoms with van der Waals surface area (Å²) in [5, 5.41) is 6.14. The van der Waals surface area contributed by atoms with Gasteiger partial charge in [-0.25, -0.2) is 0 Å². The molecule has 0 atom stereocenters. The number of benzene rings is 1. The van der Waals surface area contributed by atoms with Crippen molar-refractivity contribution in [3.8, 4) is 5.75 Å². The Balaban J connectivity index is 1.98. The average Bonchev–Trinajstić information content (AvgIpc) is 2.59. The molecule has 1 aromatic heterocycles. The molecule has 1 amide bonds. The van der Waals surface area contributed by atoms with E-state index in [0.29, 0.717) is 17.1 Å². The summed E-state index contributed by atoms with van der Waals surface area (Å²) in [6.07, 6.45) is 5.14. The molecule has 0 radical (unpaired) electrons. The first-order valence-electron chi connectivity index (χ1n) is 7.88. The van der Waals surface area contributed by atoms with Gasteiger partial charge >= 0.3 is 0 Å². The summed E-state index contributed by atoms with van der Waals surface area (Å²) in [7, 11) is 1.59. The van der Waals surface area contributed by atoms with Gasteiger partial charge in [0.05, 0.1) is 7.11 Å². The van der Waals surface area contributed by atoms with Crippen LogP contribution in [-0.4, -0.2) is 24.5 Å². The van der Waals surface area contributed by atoms with Gasteiger partial charge in [0.1, 0.15) is 11.4 Å². The first-order chi connectivity index (χ1) is 11.2. The first-order valence-corrected chi connectivity index (χ1v) is 7.88. The summed E-state index contributed by atoms with van der Waals surface area (Å²) in [6, 6.07) is 10.9. The van der Waals surface area contributed by atoms with Crippen LogP contribution in [0.15, 0.2) is 42.6 Å². The molecule has 1 heterocycles. The van der Waals surface area contributed by atoms with Crippen molar-refractivity contribution in [3.05, 3.63) is 48.3 Å². The summed E-state index contributed by atoms with van der Waals surface area (Å²) in [6.45, 7) is 3.07. The van der Waals surface area contributed by atoms with E-state index in [-0.39, 0.29) is 5.91 Å². The third kappa shape index (κ3) is 5.29. The van der Waals surface area contributed by atoms with E-state index in [1.807, 2.05) is 24.3 Å². The van der Waals surface area contributed by atoms with Gasteiger partial charge in [0, 0.05) is 30.2 Å². The molecule has 0 saturated heterocycles. The third-order valence-corrected chi connectivity index (χ3v) is 3.43. The molecule has 23 heavy (non-hydrogen) atoms. The van der Waals surface area contributed by atoms with E-state index in [1.165, 1.54) is 12.8 Å². The van der Waals surface area contributed by atoms with Crippen LogP contribution in [0.25, 0.3) is 0 Å². The zero-order chi connectivity index (χ0) is 16.5. The van der Waals surface area contributed by atoms with Crippen molar-refractivity contribution in [2.24, 2.45) is 0 Å². The summed E-state index contributed by atoms with van der Waals surface area (Å²) in [5.41, 5.74) is 1.97. The van der Waals surface area contributed by atoms with Gasteiger partial charge in [0.25, 0.3) is 5.91 Å². The number of anilines is 2. The second kappa shape index (κ2) is 8.78. The fraction of sp³-hybridized carbons (Fsp3) is 0.333. The van der Waals surface area contributed by atoms with Gasteiger partial charge in [0.15, 0.2) is 0 Å². The lowest BCUT2D eigenvalue weighted by molar-refractivity contribution is 0.102. The minimum atomic E-state index is -0.240. The van der Waals surface area contributed by atoms with Crippen molar-refractivity contribution in [3.63, 3.8) is 0 Å². The number of aromatic nitrogens is 1. The Morgan fingerprint density at radius 3 is 2.83 bits per heavy atom. The van der Waals surface area contributed by atoms with Crippen LogP contribution in [0.2, 0.25) is 0 Å². The molecule has 5 nitrogen and oxygen atoms in total. The van der Waals surface area contributed by atoms with Gasteiger partial charge in [-0.3, -0.25) is 9.78 Å². The lowest BCUT2D eigenvalue weighted by Gasteiger charge is -2.09. The maximum atomic E-state index is 12.3. The average molecular weight is 313 g/mol. The molecule has 0 unspecified atom stereocenters. The van der Waals surface area contributed by atoms with E-state index in [0.717, 1.165) is 18.7 Å². The quantitative estimate of drug-likeness (QED) is 0.724. The van der Waals surface area contributed by atoms with Crippen molar-refractivity contribution in [2.75, 3.05) is 24.3 Å². The van der Waals surface area contributed by atoms with Gasteiger partial charge in [-0.05, 0) is 30.7 Å². The van der Waals surface area contributed by atoms with Gasteiger partial charge in [-0.2, -0.15) is 0 Å². The van der Waals surface area contributed by atoms with E-state index >= 15 is 0 Å². The summed E-state index contributed by atoms with van der Waals surface area (Å²) < 4.78 is 5.15. The van der Waals surface area contributed by atoms with Crippen LogP contribution in [0.3, 0.4) is 0 Å². The second-order valence-corrected chi connectivity index (χ2v) is 5.25. The number of amides is 1. The molecule has 0 bridgehead atoms. The van der Waals surface area contributed by atoms with Gasteiger partial charge in [0.2, 0.25) is 0 Å². The maximum Gasteiger partial charge on any atom is 0.274 e. The second-order valence-electron chi connectivity index (χ2n) is 5.25. The fourth-order valence-corrected chi connectivity index (χ4v) is 2.17. The van der Waals surface area contributed by atoms with E-state index in [4.69, 9.17) is 4.74 Å². The number of rotatable bonds is 8. The standard InChI is InChI=1S/C18H23N3O2/c1-3-4-5-10-19-14-9-11-20-17(13-14)18(22)21-15-7-6-8-16(12-15)23-2/h6-9,11-13H,3-5,10H2,1-2H3,(H,19,20)(H,21,22). The zero-order valence-corrected chi connectivity index (χ0v) is 13.6. The van der Waals surface area contributed by atoms with Crippen molar-refractivity contribution in [2.45, 2.75) is 26.2 Å². The van der Waals surface area contributed by atoms with Crippen molar-refractivity contribution in [1.29, 1.82) is 0 Å². The number of nitrogens with zero attached hydrogens (tertiary/aromatic N) is 1. The van der Waals surface area contributed by atoms with E-state index in [9.17, 15) is 4.79 Å². The van der Waals surface area contributed by atoms with Gasteiger partial charge < -0.3 is 15.4 Å². The maximum absolute atomic E-state index is 12.3. The van der Waals surface area contributed by atoms with Crippen LogP contribution in [0.5, 0.6) is 5.75 Å². The number of methoxy groups -OCH3 is 1. The first kappa shape index (κ1) is 16.8. The highest BCUT2D eigenvalue weighted by Gasteiger charge is 2.09. The molecule has 5 heteroatoms. The zero-order valence-electron chi connectivity index (χ0n) is 13.6. The van der Waals surface area contributed by atoms with Gasteiger partial charge in [-0.1, -0.05) is 25.8 Å². The lowest BCUT2D eigenvalue weighted by Crippen LogP contribution is -2.14. The van der Waals surface area contributed by atoms with Crippen LogP contribution in [0, 0.1) is 0 Å². The number of hydrogen-bond donors (Lipinski definition) is 2. The summed E-state index contributed by atoms with van der Waals surface area (Å²) in [5.74, 6) is 0.456. The number of unbranched alkanes of at least 4 members (excludes halogenated alkanes) is 2. The number of pyridine rings is 1. The molecule has 0 saturated carbocycles. The molecular formula is C18H23N3O2. The van der Waals surface area contributed by atoms with Gasteiger partial charge in [-0.15, -0.1) is 0 Å². The van der Waals surface area contributed by atoms with Crippen molar-refractivity contribution in [1.82, 2.24) is 4.98 Å². The minimum absolute atomic E-state index is 0.240. The van der Waals surface area contributed by atoms with E-state index < -0.39 is 0 Å². The largest absolute Gasteiger partial charge is 0.497 e. The molecular weight excluding hydrogens is 290 g/mol. The Labute approximate surface area is 137 Å². The minimum Gasteiger partial charge on any atom is -0.497 e. The molecule has 0 fully saturated rings. The molecule has 0 aliphatic carbocycles. The Kier molecular flexibility index (Phi) is 6.41. The normalized spacial score (nSPS) is 10.2. The number of carbonyl (C=O) groups excluding carboxylic acids is 1. The van der Waals surface area contributed by atoms with Crippen LogP contribution in [-0.2, 0) is 0 Å². The van der Waals surface area contributed by atoms with Crippen LogP contribution < -0.4 is 15.4 Å². The lowest BCUT2D eigenvalue weighted by atomic mass is 10.2. The molecule has 2 N–H and O–H groups in total. The Bertz CT molecular complexity index is 644. The molecule has 0 spiro atoms. The molecule has 1 aromatic carbocycles. The highest BCUT2D eigenvalue weighted by Crippen LogP contribution is 2.17.